The number of unbranched alkanes of at least 4 members (excludes halogenated alkanes) is 1. The Morgan fingerprint density at radius 3 is 2.71 bits per heavy atom. The minimum atomic E-state index is -0.317. The maximum absolute atomic E-state index is 12.9. The van der Waals surface area contributed by atoms with Gasteiger partial charge in [0.1, 0.15) is 5.82 Å². The number of hydrogen-bond acceptors (Lipinski definition) is 3. The predicted molar refractivity (Wildman–Crippen MR) is 81.8 cm³/mol. The molecule has 0 bridgehead atoms. The zero-order valence-corrected chi connectivity index (χ0v) is 12.9. The van der Waals surface area contributed by atoms with Gasteiger partial charge < -0.3 is 11.1 Å². The molecular weight excluding hydrogens is 339 g/mol. The van der Waals surface area contributed by atoms with Crippen LogP contribution in [0.15, 0.2) is 34.9 Å². The molecular formula is C14H16BrFN4O. The highest BCUT2D eigenvalue weighted by Gasteiger charge is 2.15. The molecule has 0 atom stereocenters. The van der Waals surface area contributed by atoms with Crippen LogP contribution in [0.5, 0.6) is 0 Å². The molecule has 0 aliphatic heterocycles. The summed E-state index contributed by atoms with van der Waals surface area (Å²) >= 11 is 3.31. The van der Waals surface area contributed by atoms with E-state index in [0.717, 1.165) is 12.8 Å². The third-order valence-electron chi connectivity index (χ3n) is 2.89. The summed E-state index contributed by atoms with van der Waals surface area (Å²) in [6, 6.07) is 5.88. The summed E-state index contributed by atoms with van der Waals surface area (Å²) in [5.74, 6) is -0.567. The van der Waals surface area contributed by atoms with Gasteiger partial charge in [-0.15, -0.1) is 0 Å². The smallest absolute Gasteiger partial charge is 0.272 e. The van der Waals surface area contributed by atoms with Crippen LogP contribution in [-0.2, 0) is 0 Å². The van der Waals surface area contributed by atoms with Crippen molar-refractivity contribution in [1.82, 2.24) is 15.1 Å². The van der Waals surface area contributed by atoms with Crippen LogP contribution >= 0.6 is 15.9 Å². The zero-order chi connectivity index (χ0) is 15.2. The fourth-order valence-electron chi connectivity index (χ4n) is 1.79. The lowest BCUT2D eigenvalue weighted by Crippen LogP contribution is -2.25. The van der Waals surface area contributed by atoms with Crippen molar-refractivity contribution in [2.24, 2.45) is 5.73 Å². The second-order valence-electron chi connectivity index (χ2n) is 4.50. The molecule has 0 unspecified atom stereocenters. The molecule has 1 aromatic heterocycles. The number of benzene rings is 1. The van der Waals surface area contributed by atoms with Gasteiger partial charge in [0.15, 0.2) is 5.69 Å². The lowest BCUT2D eigenvalue weighted by atomic mass is 10.3. The van der Waals surface area contributed by atoms with E-state index in [2.05, 4.69) is 26.3 Å². The molecule has 2 rings (SSSR count). The summed E-state index contributed by atoms with van der Waals surface area (Å²) in [5, 5.41) is 7.01. The molecule has 3 N–H and O–H groups in total. The minimum Gasteiger partial charge on any atom is -0.351 e. The molecule has 1 amide bonds. The number of aromatic nitrogens is 2. The van der Waals surface area contributed by atoms with Crippen LogP contribution in [-0.4, -0.2) is 28.8 Å². The molecule has 21 heavy (non-hydrogen) atoms. The van der Waals surface area contributed by atoms with Crippen LogP contribution in [0.2, 0.25) is 0 Å². The third-order valence-corrected chi connectivity index (χ3v) is 3.47. The van der Waals surface area contributed by atoms with E-state index < -0.39 is 0 Å². The zero-order valence-electron chi connectivity index (χ0n) is 11.4. The molecule has 5 nitrogen and oxygen atoms in total. The Labute approximate surface area is 130 Å². The Kier molecular flexibility index (Phi) is 5.46. The summed E-state index contributed by atoms with van der Waals surface area (Å²) in [6.45, 7) is 1.17. The fraction of sp³-hybridized carbons (Fsp3) is 0.286. The number of hydrogen-bond donors (Lipinski definition) is 2. The molecule has 1 heterocycles. The maximum Gasteiger partial charge on any atom is 0.272 e. The average molecular weight is 355 g/mol. The summed E-state index contributed by atoms with van der Waals surface area (Å²) in [7, 11) is 0. The molecule has 0 radical (unpaired) electrons. The SMILES string of the molecule is NCCCCNC(=O)c1nn(-c2ccc(F)cc2)cc1Br. The number of nitrogens with one attached hydrogen (secondary N) is 1. The van der Waals surface area contributed by atoms with E-state index in [-0.39, 0.29) is 11.7 Å². The molecule has 0 saturated heterocycles. The van der Waals surface area contributed by atoms with E-state index >= 15 is 0 Å². The average Bonchev–Trinajstić information content (AvgIpc) is 2.86. The fourth-order valence-corrected chi connectivity index (χ4v) is 2.24. The number of amides is 1. The van der Waals surface area contributed by atoms with Crippen LogP contribution in [0.25, 0.3) is 5.69 Å². The van der Waals surface area contributed by atoms with Crippen molar-refractivity contribution in [3.8, 4) is 5.69 Å². The van der Waals surface area contributed by atoms with Crippen molar-refractivity contribution in [2.75, 3.05) is 13.1 Å². The maximum atomic E-state index is 12.9. The number of rotatable bonds is 6. The molecule has 0 fully saturated rings. The van der Waals surface area contributed by atoms with Gasteiger partial charge in [0.25, 0.3) is 5.91 Å². The topological polar surface area (TPSA) is 72.9 Å². The lowest BCUT2D eigenvalue weighted by molar-refractivity contribution is 0.0947. The lowest BCUT2D eigenvalue weighted by Gasteiger charge is -2.03. The first-order chi connectivity index (χ1) is 10.1. The Bertz CT molecular complexity index is 612. The number of nitrogens with zero attached hydrogens (tertiary/aromatic N) is 2. The van der Waals surface area contributed by atoms with Gasteiger partial charge in [0.2, 0.25) is 0 Å². The summed E-state index contributed by atoms with van der Waals surface area (Å²) in [4.78, 5) is 12.0. The van der Waals surface area contributed by atoms with E-state index in [0.29, 0.717) is 28.9 Å². The monoisotopic (exact) mass is 354 g/mol. The molecule has 0 aliphatic rings. The third kappa shape index (κ3) is 4.12. The Morgan fingerprint density at radius 1 is 1.33 bits per heavy atom. The Balaban J connectivity index is 2.08. The molecule has 1 aromatic carbocycles. The van der Waals surface area contributed by atoms with E-state index in [1.165, 1.54) is 16.8 Å². The standard InChI is InChI=1S/C14H16BrFN4O/c15-12-9-20(11-5-3-10(16)4-6-11)19-13(12)14(21)18-8-2-1-7-17/h3-6,9H,1-2,7-8,17H2,(H,18,21). The number of halogens is 2. The van der Waals surface area contributed by atoms with Crippen LogP contribution in [0.4, 0.5) is 4.39 Å². The van der Waals surface area contributed by atoms with Gasteiger partial charge in [0, 0.05) is 12.7 Å². The number of carbonyl (C=O) groups excluding carboxylic acids is 1. The quantitative estimate of drug-likeness (QED) is 0.781. The second kappa shape index (κ2) is 7.33. The van der Waals surface area contributed by atoms with Gasteiger partial charge in [-0.1, -0.05) is 0 Å². The highest BCUT2D eigenvalue weighted by molar-refractivity contribution is 9.10. The number of carbonyl (C=O) groups is 1. The largest absolute Gasteiger partial charge is 0.351 e. The first kappa shape index (κ1) is 15.7. The van der Waals surface area contributed by atoms with Crippen molar-refractivity contribution in [3.63, 3.8) is 0 Å². The van der Waals surface area contributed by atoms with E-state index in [4.69, 9.17) is 5.73 Å². The highest BCUT2D eigenvalue weighted by atomic mass is 79.9. The van der Waals surface area contributed by atoms with Gasteiger partial charge in [-0.3, -0.25) is 4.79 Å². The van der Waals surface area contributed by atoms with Gasteiger partial charge in [-0.25, -0.2) is 9.07 Å². The summed E-state index contributed by atoms with van der Waals surface area (Å²) in [6.07, 6.45) is 3.37. The highest BCUT2D eigenvalue weighted by Crippen LogP contribution is 2.18. The van der Waals surface area contributed by atoms with Gasteiger partial charge >= 0.3 is 0 Å². The first-order valence-corrected chi connectivity index (χ1v) is 7.40. The molecule has 0 saturated carbocycles. The van der Waals surface area contributed by atoms with E-state index in [9.17, 15) is 9.18 Å². The second-order valence-corrected chi connectivity index (χ2v) is 5.35. The van der Waals surface area contributed by atoms with Crippen LogP contribution in [0.1, 0.15) is 23.3 Å². The first-order valence-electron chi connectivity index (χ1n) is 6.61. The van der Waals surface area contributed by atoms with Gasteiger partial charge in [-0.05, 0) is 59.6 Å². The molecule has 0 aliphatic carbocycles. The van der Waals surface area contributed by atoms with Crippen LogP contribution in [0.3, 0.4) is 0 Å². The Hall–Kier alpha value is -1.73. The van der Waals surface area contributed by atoms with Crippen molar-refractivity contribution >= 4 is 21.8 Å². The minimum absolute atomic E-state index is 0.250. The van der Waals surface area contributed by atoms with Crippen molar-refractivity contribution in [1.29, 1.82) is 0 Å². The number of nitrogens with two attached hydrogens (primary N) is 1. The van der Waals surface area contributed by atoms with E-state index in [1.807, 2.05) is 0 Å². The van der Waals surface area contributed by atoms with E-state index in [1.54, 1.807) is 18.3 Å². The van der Waals surface area contributed by atoms with Crippen molar-refractivity contribution < 1.29 is 9.18 Å². The summed E-state index contributed by atoms with van der Waals surface area (Å²) in [5.41, 5.74) is 6.37. The molecule has 2 aromatic rings. The molecule has 0 spiro atoms. The molecule has 112 valence electrons. The molecule has 7 heteroatoms. The van der Waals surface area contributed by atoms with Crippen LogP contribution < -0.4 is 11.1 Å². The van der Waals surface area contributed by atoms with Crippen molar-refractivity contribution in [2.45, 2.75) is 12.8 Å². The summed E-state index contributed by atoms with van der Waals surface area (Å²) < 4.78 is 15.0. The van der Waals surface area contributed by atoms with Gasteiger partial charge in [-0.2, -0.15) is 5.10 Å². The van der Waals surface area contributed by atoms with Gasteiger partial charge in [0.05, 0.1) is 10.2 Å². The van der Waals surface area contributed by atoms with Crippen molar-refractivity contribution in [3.05, 3.63) is 46.4 Å². The normalized spacial score (nSPS) is 10.6. The van der Waals surface area contributed by atoms with Crippen LogP contribution in [0, 0.1) is 5.82 Å². The Morgan fingerprint density at radius 2 is 2.05 bits per heavy atom. The predicted octanol–water partition coefficient (Wildman–Crippen LogP) is 2.24.